The van der Waals surface area contributed by atoms with E-state index in [9.17, 15) is 9.90 Å². The number of anilines is 1. The fourth-order valence-electron chi connectivity index (χ4n) is 3.06. The molecule has 1 saturated heterocycles. The third-order valence-corrected chi connectivity index (χ3v) is 5.39. The molecule has 1 fully saturated rings. The van der Waals surface area contributed by atoms with Gasteiger partial charge in [-0.1, -0.05) is 0 Å². The molecule has 130 valence electrons. The third kappa shape index (κ3) is 3.44. The number of aromatic nitrogens is 2. The number of aromatic hydroxyl groups is 1. The molecule has 2 aromatic rings. The number of carbonyl (C=O) groups is 1. The van der Waals surface area contributed by atoms with Gasteiger partial charge in [0.25, 0.3) is 5.91 Å². The van der Waals surface area contributed by atoms with Gasteiger partial charge >= 0.3 is 0 Å². The topological polar surface area (TPSA) is 102 Å². The molecule has 0 bridgehead atoms. The van der Waals surface area contributed by atoms with E-state index in [-0.39, 0.29) is 17.7 Å². The molecule has 0 radical (unpaired) electrons. The number of nitrogens with two attached hydrogens (primary N) is 1. The van der Waals surface area contributed by atoms with Gasteiger partial charge in [-0.15, -0.1) is 11.3 Å². The van der Waals surface area contributed by atoms with Crippen LogP contribution in [0.3, 0.4) is 0 Å². The van der Waals surface area contributed by atoms with Gasteiger partial charge in [-0.25, -0.2) is 4.98 Å². The van der Waals surface area contributed by atoms with E-state index in [1.807, 2.05) is 11.8 Å². The second-order valence-corrected chi connectivity index (χ2v) is 6.83. The van der Waals surface area contributed by atoms with Crippen LogP contribution in [0.15, 0.2) is 5.38 Å². The molecule has 2 aromatic heterocycles. The monoisotopic (exact) mass is 350 g/mol. The molecule has 0 atom stereocenters. The van der Waals surface area contributed by atoms with E-state index in [1.54, 1.807) is 5.38 Å². The highest BCUT2D eigenvalue weighted by atomic mass is 32.1. The highest BCUT2D eigenvalue weighted by Gasteiger charge is 2.26. The van der Waals surface area contributed by atoms with Gasteiger partial charge in [0.15, 0.2) is 0 Å². The zero-order valence-electron chi connectivity index (χ0n) is 13.7. The number of rotatable bonds is 5. The Hall–Kier alpha value is -1.93. The van der Waals surface area contributed by atoms with Gasteiger partial charge in [0.1, 0.15) is 10.2 Å². The number of hydrogen-bond acceptors (Lipinski definition) is 7. The SMILES string of the molecule is CCOCCC1CCN(C(=O)c2csc3c(O)nc(N)nc23)CC1. The third-order valence-electron chi connectivity index (χ3n) is 4.42. The first-order valence-electron chi connectivity index (χ1n) is 8.20. The molecule has 1 aliphatic heterocycles. The lowest BCUT2D eigenvalue weighted by Gasteiger charge is -2.31. The Balaban J connectivity index is 1.68. The van der Waals surface area contributed by atoms with Crippen molar-refractivity contribution in [2.75, 3.05) is 32.0 Å². The molecule has 7 nitrogen and oxygen atoms in total. The number of fused-ring (bicyclic) bond motifs is 1. The van der Waals surface area contributed by atoms with Crippen molar-refractivity contribution in [3.63, 3.8) is 0 Å². The lowest BCUT2D eigenvalue weighted by atomic mass is 9.93. The van der Waals surface area contributed by atoms with Crippen molar-refractivity contribution in [2.45, 2.75) is 26.2 Å². The highest BCUT2D eigenvalue weighted by Crippen LogP contribution is 2.32. The van der Waals surface area contributed by atoms with Crippen LogP contribution in [-0.4, -0.2) is 52.2 Å². The Morgan fingerprint density at radius 3 is 2.92 bits per heavy atom. The van der Waals surface area contributed by atoms with Crippen LogP contribution in [0, 0.1) is 5.92 Å². The fourth-order valence-corrected chi connectivity index (χ4v) is 3.93. The van der Waals surface area contributed by atoms with E-state index in [0.717, 1.165) is 45.6 Å². The molecule has 0 aromatic carbocycles. The quantitative estimate of drug-likeness (QED) is 0.802. The fraction of sp³-hybridized carbons (Fsp3) is 0.562. The Bertz CT molecular complexity index is 725. The van der Waals surface area contributed by atoms with E-state index >= 15 is 0 Å². The molecule has 0 spiro atoms. The summed E-state index contributed by atoms with van der Waals surface area (Å²) >= 11 is 1.26. The number of nitrogen functional groups attached to an aromatic ring is 1. The van der Waals surface area contributed by atoms with Gasteiger partial charge < -0.3 is 20.5 Å². The Labute approximate surface area is 144 Å². The predicted octanol–water partition coefficient (Wildman–Crippen LogP) is 2.26. The molecule has 1 aliphatic rings. The van der Waals surface area contributed by atoms with Crippen LogP contribution in [0.1, 0.15) is 36.5 Å². The molecule has 0 unspecified atom stereocenters. The van der Waals surface area contributed by atoms with Crippen LogP contribution in [0.25, 0.3) is 10.2 Å². The molecule has 1 amide bonds. The summed E-state index contributed by atoms with van der Waals surface area (Å²) in [5.74, 6) is 0.363. The number of nitrogens with zero attached hydrogens (tertiary/aromatic N) is 3. The maximum Gasteiger partial charge on any atom is 0.256 e. The molecule has 0 aliphatic carbocycles. The van der Waals surface area contributed by atoms with E-state index in [1.165, 1.54) is 11.3 Å². The first-order chi connectivity index (χ1) is 11.6. The number of hydrogen-bond donors (Lipinski definition) is 2. The van der Waals surface area contributed by atoms with Gasteiger partial charge in [-0.3, -0.25) is 4.79 Å². The molecule has 0 saturated carbocycles. The first-order valence-corrected chi connectivity index (χ1v) is 9.08. The Kier molecular flexibility index (Phi) is 5.15. The lowest BCUT2D eigenvalue weighted by molar-refractivity contribution is 0.0659. The number of carbonyl (C=O) groups excluding carboxylic acids is 1. The maximum atomic E-state index is 12.8. The summed E-state index contributed by atoms with van der Waals surface area (Å²) in [6.07, 6.45) is 3.03. The summed E-state index contributed by atoms with van der Waals surface area (Å²) in [4.78, 5) is 22.5. The van der Waals surface area contributed by atoms with E-state index in [2.05, 4.69) is 9.97 Å². The van der Waals surface area contributed by atoms with Crippen LogP contribution in [0.4, 0.5) is 5.95 Å². The van der Waals surface area contributed by atoms with Crippen molar-refractivity contribution < 1.29 is 14.6 Å². The predicted molar refractivity (Wildman–Crippen MR) is 93.2 cm³/mol. The highest BCUT2D eigenvalue weighted by molar-refractivity contribution is 7.17. The normalized spacial score (nSPS) is 16.0. The van der Waals surface area contributed by atoms with Crippen molar-refractivity contribution >= 4 is 33.4 Å². The molecular weight excluding hydrogens is 328 g/mol. The lowest BCUT2D eigenvalue weighted by Crippen LogP contribution is -2.38. The van der Waals surface area contributed by atoms with Gasteiger partial charge in [-0.05, 0) is 32.1 Å². The van der Waals surface area contributed by atoms with Gasteiger partial charge in [0.05, 0.1) is 5.56 Å². The van der Waals surface area contributed by atoms with Crippen LogP contribution < -0.4 is 5.73 Å². The first kappa shape index (κ1) is 16.9. The molecule has 3 N–H and O–H groups in total. The van der Waals surface area contributed by atoms with Gasteiger partial charge in [0, 0.05) is 31.7 Å². The second kappa shape index (κ2) is 7.31. The summed E-state index contributed by atoms with van der Waals surface area (Å²) in [5.41, 5.74) is 6.52. The number of piperidine rings is 1. The van der Waals surface area contributed by atoms with Gasteiger partial charge in [-0.2, -0.15) is 4.98 Å². The van der Waals surface area contributed by atoms with E-state index < -0.39 is 0 Å². The summed E-state index contributed by atoms with van der Waals surface area (Å²) < 4.78 is 5.91. The van der Waals surface area contributed by atoms with Crippen LogP contribution in [0.5, 0.6) is 5.88 Å². The Morgan fingerprint density at radius 1 is 1.46 bits per heavy atom. The molecule has 3 rings (SSSR count). The minimum Gasteiger partial charge on any atom is -0.492 e. The van der Waals surface area contributed by atoms with Crippen LogP contribution in [0.2, 0.25) is 0 Å². The van der Waals surface area contributed by atoms with E-state index in [0.29, 0.717) is 21.7 Å². The zero-order valence-corrected chi connectivity index (χ0v) is 14.5. The molecule has 3 heterocycles. The summed E-state index contributed by atoms with van der Waals surface area (Å²) in [7, 11) is 0. The smallest absolute Gasteiger partial charge is 0.256 e. The van der Waals surface area contributed by atoms with Crippen molar-refractivity contribution in [2.24, 2.45) is 5.92 Å². The van der Waals surface area contributed by atoms with Crippen molar-refractivity contribution in [1.82, 2.24) is 14.9 Å². The molecular formula is C16H22N4O3S. The molecule has 24 heavy (non-hydrogen) atoms. The minimum absolute atomic E-state index is 0.0258. The average Bonchev–Trinajstić information content (AvgIpc) is 2.99. The number of likely N-dealkylation sites (tertiary alicyclic amines) is 1. The summed E-state index contributed by atoms with van der Waals surface area (Å²) in [6.45, 7) is 5.01. The van der Waals surface area contributed by atoms with Gasteiger partial charge in [0.2, 0.25) is 11.8 Å². The van der Waals surface area contributed by atoms with Crippen LogP contribution in [-0.2, 0) is 4.74 Å². The zero-order chi connectivity index (χ0) is 17.1. The molecule has 8 heteroatoms. The second-order valence-electron chi connectivity index (χ2n) is 5.95. The van der Waals surface area contributed by atoms with Crippen molar-refractivity contribution in [3.05, 3.63) is 10.9 Å². The maximum absolute atomic E-state index is 12.8. The van der Waals surface area contributed by atoms with Crippen molar-refractivity contribution in [3.8, 4) is 5.88 Å². The summed E-state index contributed by atoms with van der Waals surface area (Å²) in [6, 6.07) is 0. The minimum atomic E-state index is -0.170. The van der Waals surface area contributed by atoms with Crippen molar-refractivity contribution in [1.29, 1.82) is 0 Å². The van der Waals surface area contributed by atoms with Crippen LogP contribution >= 0.6 is 11.3 Å². The largest absolute Gasteiger partial charge is 0.492 e. The standard InChI is InChI=1S/C16H22N4O3S/c1-2-23-8-5-10-3-6-20(7-4-10)15(22)11-9-24-13-12(11)18-16(17)19-14(13)21/h9-10H,2-8H2,1H3,(H3,17,18,19,21). The average molecular weight is 350 g/mol. The number of amides is 1. The number of ether oxygens (including phenoxy) is 1. The Morgan fingerprint density at radius 2 is 2.21 bits per heavy atom. The number of thiophene rings is 1. The van der Waals surface area contributed by atoms with E-state index in [4.69, 9.17) is 10.5 Å². The summed E-state index contributed by atoms with van der Waals surface area (Å²) in [5, 5.41) is 11.6.